The zero-order valence-corrected chi connectivity index (χ0v) is 10.0. The lowest BCUT2D eigenvalue weighted by Gasteiger charge is -2.23. The lowest BCUT2D eigenvalue weighted by Crippen LogP contribution is -2.45. The molecule has 2 heterocycles. The van der Waals surface area contributed by atoms with E-state index in [1.807, 2.05) is 0 Å². The molecule has 0 bridgehead atoms. The fourth-order valence-electron chi connectivity index (χ4n) is 2.18. The van der Waals surface area contributed by atoms with Crippen molar-refractivity contribution in [3.63, 3.8) is 0 Å². The third kappa shape index (κ3) is 2.53. The van der Waals surface area contributed by atoms with Crippen LogP contribution in [0.25, 0.3) is 0 Å². The van der Waals surface area contributed by atoms with Gasteiger partial charge in [0.15, 0.2) is 0 Å². The summed E-state index contributed by atoms with van der Waals surface area (Å²) in [6.07, 6.45) is 5.10. The fourth-order valence-corrected chi connectivity index (χ4v) is 2.18. The summed E-state index contributed by atoms with van der Waals surface area (Å²) < 4.78 is 0. The molecule has 2 N–H and O–H groups in total. The SMILES string of the molecule is NC(C(=O)N1CCCC1)C(N=O)c1ccncc1. The topological polar surface area (TPSA) is 88.7 Å². The molecule has 6 heteroatoms. The molecule has 1 fully saturated rings. The molecular formula is C12H16N4O2. The van der Waals surface area contributed by atoms with Crippen LogP contribution in [0.3, 0.4) is 0 Å². The van der Waals surface area contributed by atoms with Crippen LogP contribution in [0.5, 0.6) is 0 Å². The molecule has 0 saturated carbocycles. The summed E-state index contributed by atoms with van der Waals surface area (Å²) in [5.74, 6) is -0.200. The minimum Gasteiger partial charge on any atom is -0.341 e. The fraction of sp³-hybridized carbons (Fsp3) is 0.500. The number of amides is 1. The Labute approximate surface area is 105 Å². The molecule has 0 aliphatic carbocycles. The monoisotopic (exact) mass is 248 g/mol. The second-order valence-electron chi connectivity index (χ2n) is 4.39. The quantitative estimate of drug-likeness (QED) is 0.799. The van der Waals surface area contributed by atoms with Gasteiger partial charge < -0.3 is 10.6 Å². The number of likely N-dealkylation sites (tertiary alicyclic amines) is 1. The normalized spacial score (nSPS) is 18.4. The van der Waals surface area contributed by atoms with E-state index in [0.717, 1.165) is 12.8 Å². The maximum atomic E-state index is 12.1. The molecule has 96 valence electrons. The van der Waals surface area contributed by atoms with Crippen molar-refractivity contribution >= 4 is 5.91 Å². The van der Waals surface area contributed by atoms with Crippen molar-refractivity contribution in [3.8, 4) is 0 Å². The molecule has 1 saturated heterocycles. The Morgan fingerprint density at radius 1 is 1.33 bits per heavy atom. The van der Waals surface area contributed by atoms with E-state index >= 15 is 0 Å². The van der Waals surface area contributed by atoms with Gasteiger partial charge in [0.2, 0.25) is 5.91 Å². The Kier molecular flexibility index (Phi) is 3.99. The Morgan fingerprint density at radius 3 is 2.50 bits per heavy atom. The highest BCUT2D eigenvalue weighted by Gasteiger charge is 2.31. The second kappa shape index (κ2) is 5.68. The number of hydrogen-bond acceptors (Lipinski definition) is 5. The van der Waals surface area contributed by atoms with Crippen molar-refractivity contribution < 1.29 is 4.79 Å². The van der Waals surface area contributed by atoms with E-state index in [2.05, 4.69) is 10.2 Å². The highest BCUT2D eigenvalue weighted by molar-refractivity contribution is 5.83. The molecular weight excluding hydrogens is 232 g/mol. The summed E-state index contributed by atoms with van der Waals surface area (Å²) in [6.45, 7) is 1.43. The summed E-state index contributed by atoms with van der Waals surface area (Å²) in [7, 11) is 0. The van der Waals surface area contributed by atoms with Crippen molar-refractivity contribution in [1.29, 1.82) is 0 Å². The van der Waals surface area contributed by atoms with Crippen LogP contribution in [0.1, 0.15) is 24.4 Å². The first-order valence-corrected chi connectivity index (χ1v) is 6.01. The van der Waals surface area contributed by atoms with E-state index in [9.17, 15) is 9.70 Å². The number of nitrogens with zero attached hydrogens (tertiary/aromatic N) is 3. The Bertz CT molecular complexity index is 417. The molecule has 0 aromatic carbocycles. The van der Waals surface area contributed by atoms with E-state index in [-0.39, 0.29) is 5.91 Å². The van der Waals surface area contributed by atoms with E-state index in [4.69, 9.17) is 5.73 Å². The van der Waals surface area contributed by atoms with Gasteiger partial charge in [-0.05, 0) is 30.5 Å². The molecule has 1 aliphatic heterocycles. The first-order valence-electron chi connectivity index (χ1n) is 6.01. The molecule has 0 radical (unpaired) electrons. The summed E-state index contributed by atoms with van der Waals surface area (Å²) in [5.41, 5.74) is 6.50. The van der Waals surface area contributed by atoms with Crippen LogP contribution in [0.4, 0.5) is 0 Å². The Balaban J connectivity index is 2.12. The molecule has 2 unspecified atom stereocenters. The predicted octanol–water partition coefficient (Wildman–Crippen LogP) is 0.839. The van der Waals surface area contributed by atoms with Gasteiger partial charge in [-0.15, -0.1) is 0 Å². The van der Waals surface area contributed by atoms with Crippen molar-refractivity contribution in [2.45, 2.75) is 24.9 Å². The molecule has 2 rings (SSSR count). The van der Waals surface area contributed by atoms with E-state index in [1.165, 1.54) is 0 Å². The van der Waals surface area contributed by atoms with Crippen LogP contribution in [-0.4, -0.2) is 34.9 Å². The summed E-state index contributed by atoms with van der Waals surface area (Å²) in [6, 6.07) is 1.55. The molecule has 1 amide bonds. The Hall–Kier alpha value is -1.82. The average molecular weight is 248 g/mol. The van der Waals surface area contributed by atoms with Gasteiger partial charge in [0.05, 0.1) is 0 Å². The van der Waals surface area contributed by atoms with E-state index in [1.54, 1.807) is 29.4 Å². The minimum absolute atomic E-state index is 0.200. The first kappa shape index (κ1) is 12.6. The largest absolute Gasteiger partial charge is 0.341 e. The Morgan fingerprint density at radius 2 is 1.94 bits per heavy atom. The van der Waals surface area contributed by atoms with Gasteiger partial charge in [0.1, 0.15) is 12.1 Å². The van der Waals surface area contributed by atoms with Gasteiger partial charge >= 0.3 is 0 Å². The number of aromatic nitrogens is 1. The van der Waals surface area contributed by atoms with E-state index < -0.39 is 12.1 Å². The van der Waals surface area contributed by atoms with Crippen LogP contribution in [-0.2, 0) is 4.79 Å². The molecule has 2 atom stereocenters. The lowest BCUT2D eigenvalue weighted by atomic mass is 10.0. The van der Waals surface area contributed by atoms with Crippen molar-refractivity contribution in [2.75, 3.05) is 13.1 Å². The second-order valence-corrected chi connectivity index (χ2v) is 4.39. The van der Waals surface area contributed by atoms with Crippen LogP contribution in [0, 0.1) is 4.91 Å². The van der Waals surface area contributed by atoms with Crippen molar-refractivity contribution in [3.05, 3.63) is 35.0 Å². The maximum Gasteiger partial charge on any atom is 0.242 e. The molecule has 18 heavy (non-hydrogen) atoms. The van der Waals surface area contributed by atoms with E-state index in [0.29, 0.717) is 18.7 Å². The highest BCUT2D eigenvalue weighted by Crippen LogP contribution is 2.21. The maximum absolute atomic E-state index is 12.1. The number of carbonyl (C=O) groups is 1. The number of rotatable bonds is 4. The summed E-state index contributed by atoms with van der Waals surface area (Å²) in [4.78, 5) is 28.6. The van der Waals surface area contributed by atoms with Gasteiger partial charge in [-0.3, -0.25) is 9.78 Å². The summed E-state index contributed by atoms with van der Waals surface area (Å²) in [5, 5.41) is 3.00. The van der Waals surface area contributed by atoms with Crippen molar-refractivity contribution in [1.82, 2.24) is 9.88 Å². The number of nitrogens with two attached hydrogens (primary N) is 1. The van der Waals surface area contributed by atoms with Gasteiger partial charge in [0.25, 0.3) is 0 Å². The van der Waals surface area contributed by atoms with Crippen LogP contribution < -0.4 is 5.73 Å². The molecule has 6 nitrogen and oxygen atoms in total. The van der Waals surface area contributed by atoms with Gasteiger partial charge in [0, 0.05) is 25.5 Å². The van der Waals surface area contributed by atoms with Crippen LogP contribution >= 0.6 is 0 Å². The summed E-state index contributed by atoms with van der Waals surface area (Å²) >= 11 is 0. The number of pyridine rings is 1. The smallest absolute Gasteiger partial charge is 0.242 e. The predicted molar refractivity (Wildman–Crippen MR) is 66.6 cm³/mol. The third-order valence-corrected chi connectivity index (χ3v) is 3.20. The number of nitroso groups, excluding NO2 is 1. The standard InChI is InChI=1S/C12H16N4O2/c13-10(12(17)16-7-1-2-8-16)11(15-18)9-3-5-14-6-4-9/h3-6,10-11H,1-2,7-8,13H2. The number of carbonyl (C=O) groups excluding carboxylic acids is 1. The number of hydrogen-bond donors (Lipinski definition) is 1. The molecule has 1 aromatic rings. The minimum atomic E-state index is -0.914. The lowest BCUT2D eigenvalue weighted by molar-refractivity contribution is -0.132. The van der Waals surface area contributed by atoms with Crippen LogP contribution in [0.2, 0.25) is 0 Å². The van der Waals surface area contributed by atoms with Crippen LogP contribution in [0.15, 0.2) is 29.7 Å². The van der Waals surface area contributed by atoms with Gasteiger partial charge in [-0.1, -0.05) is 5.18 Å². The zero-order valence-electron chi connectivity index (χ0n) is 10.0. The van der Waals surface area contributed by atoms with Gasteiger partial charge in [-0.25, -0.2) is 0 Å². The molecule has 0 spiro atoms. The third-order valence-electron chi connectivity index (χ3n) is 3.20. The molecule has 1 aliphatic rings. The first-order chi connectivity index (χ1) is 8.74. The average Bonchev–Trinajstić information content (AvgIpc) is 2.94. The zero-order chi connectivity index (χ0) is 13.0. The van der Waals surface area contributed by atoms with Gasteiger partial charge in [-0.2, -0.15) is 4.91 Å². The molecule has 1 aromatic heterocycles. The highest BCUT2D eigenvalue weighted by atomic mass is 16.3. The van der Waals surface area contributed by atoms with Crippen molar-refractivity contribution in [2.24, 2.45) is 10.9 Å².